The maximum atomic E-state index is 10.2. The van der Waals surface area contributed by atoms with Gasteiger partial charge in [0.25, 0.3) is 0 Å². The number of carbonyl (C=O) groups excluding carboxylic acids is 1. The van der Waals surface area contributed by atoms with Gasteiger partial charge < -0.3 is 4.74 Å². The Bertz CT molecular complexity index is 83.1. The topological polar surface area (TPSA) is 26.3 Å². The van der Waals surface area contributed by atoms with Crippen LogP contribution in [-0.4, -0.2) is 18.5 Å². The van der Waals surface area contributed by atoms with Crippen molar-refractivity contribution in [2.45, 2.75) is 19.8 Å². The van der Waals surface area contributed by atoms with Gasteiger partial charge in [-0.3, -0.25) is 4.79 Å². The Balaban J connectivity index is 2.83. The van der Waals surface area contributed by atoms with Crippen molar-refractivity contribution in [1.29, 1.82) is 0 Å². The summed E-state index contributed by atoms with van der Waals surface area (Å²) >= 11 is 5.38. The zero-order chi connectivity index (χ0) is 7.11. The highest BCUT2D eigenvalue weighted by atomic mass is 35.5. The fourth-order valence-corrected chi connectivity index (χ4v) is 0.601. The molecule has 0 bridgehead atoms. The van der Waals surface area contributed by atoms with Crippen molar-refractivity contribution in [3.63, 3.8) is 0 Å². The fourth-order valence-electron chi connectivity index (χ4n) is 0.412. The molecule has 3 heteroatoms. The average molecular weight is 151 g/mol. The van der Waals surface area contributed by atoms with Gasteiger partial charge in [-0.2, -0.15) is 0 Å². The van der Waals surface area contributed by atoms with Crippen molar-refractivity contribution < 1.29 is 9.53 Å². The Morgan fingerprint density at radius 1 is 1.56 bits per heavy atom. The number of alkyl halides is 1. The lowest BCUT2D eigenvalue weighted by atomic mass is 10.4. The van der Waals surface area contributed by atoms with Crippen LogP contribution in [0.1, 0.15) is 19.8 Å². The molecule has 0 radical (unpaired) electrons. The molecule has 0 aromatic carbocycles. The molecular formula is C6H11ClO2. The van der Waals surface area contributed by atoms with Crippen LogP contribution >= 0.6 is 11.6 Å². The molecule has 0 aliphatic carbocycles. The fraction of sp³-hybridized carbons (Fsp3) is 0.833. The first-order valence-corrected chi connectivity index (χ1v) is 3.50. The van der Waals surface area contributed by atoms with Crippen LogP contribution in [0.4, 0.5) is 0 Å². The summed E-state index contributed by atoms with van der Waals surface area (Å²) in [5.74, 6) is 0.422. The van der Waals surface area contributed by atoms with E-state index in [2.05, 4.69) is 4.74 Å². The third-order valence-electron chi connectivity index (χ3n) is 0.833. The highest BCUT2D eigenvalue weighted by Crippen LogP contribution is 1.91. The van der Waals surface area contributed by atoms with Crippen LogP contribution in [-0.2, 0) is 9.53 Å². The molecule has 2 nitrogen and oxygen atoms in total. The summed E-state index contributed by atoms with van der Waals surface area (Å²) in [5.41, 5.74) is 0. The van der Waals surface area contributed by atoms with E-state index in [1.54, 1.807) is 0 Å². The SMILES string of the molecule is CC(=O)OCCCCCl. The molecule has 0 rings (SSSR count). The molecule has 0 heterocycles. The van der Waals surface area contributed by atoms with Crippen LogP contribution < -0.4 is 0 Å². The van der Waals surface area contributed by atoms with Gasteiger partial charge in [0.05, 0.1) is 6.61 Å². The van der Waals surface area contributed by atoms with Crippen LogP contribution in [0.15, 0.2) is 0 Å². The van der Waals surface area contributed by atoms with Gasteiger partial charge in [0.2, 0.25) is 0 Å². The third kappa shape index (κ3) is 7.76. The Labute approximate surface area is 60.1 Å². The zero-order valence-corrected chi connectivity index (χ0v) is 6.28. The summed E-state index contributed by atoms with van der Waals surface area (Å²) in [6, 6.07) is 0. The molecule has 54 valence electrons. The van der Waals surface area contributed by atoms with Crippen molar-refractivity contribution >= 4 is 17.6 Å². The van der Waals surface area contributed by atoms with Gasteiger partial charge in [0.15, 0.2) is 0 Å². The normalized spacial score (nSPS) is 9.11. The predicted molar refractivity (Wildman–Crippen MR) is 36.6 cm³/mol. The number of esters is 1. The number of halogens is 1. The molecule has 0 aliphatic rings. The molecule has 0 saturated carbocycles. The van der Waals surface area contributed by atoms with Crippen molar-refractivity contribution in [2.24, 2.45) is 0 Å². The first kappa shape index (κ1) is 8.76. The Hall–Kier alpha value is -0.240. The molecule has 0 fully saturated rings. The van der Waals surface area contributed by atoms with E-state index >= 15 is 0 Å². The monoisotopic (exact) mass is 150 g/mol. The molecule has 0 unspecified atom stereocenters. The van der Waals surface area contributed by atoms with E-state index in [1.807, 2.05) is 0 Å². The first-order valence-electron chi connectivity index (χ1n) is 2.96. The number of unbranched alkanes of at least 4 members (excludes halogenated alkanes) is 1. The van der Waals surface area contributed by atoms with Gasteiger partial charge in [-0.1, -0.05) is 0 Å². The molecular weight excluding hydrogens is 140 g/mol. The summed E-state index contributed by atoms with van der Waals surface area (Å²) in [6.45, 7) is 1.91. The second kappa shape index (κ2) is 5.89. The minimum atomic E-state index is -0.218. The largest absolute Gasteiger partial charge is 0.466 e. The molecule has 0 amide bonds. The number of hydrogen-bond donors (Lipinski definition) is 0. The van der Waals surface area contributed by atoms with Gasteiger partial charge in [-0.05, 0) is 12.8 Å². The molecule has 0 aromatic heterocycles. The third-order valence-corrected chi connectivity index (χ3v) is 1.10. The van der Waals surface area contributed by atoms with Gasteiger partial charge in [-0.25, -0.2) is 0 Å². The molecule has 0 spiro atoms. The second-order valence-electron chi connectivity index (χ2n) is 1.74. The quantitative estimate of drug-likeness (QED) is 0.346. The lowest BCUT2D eigenvalue weighted by Crippen LogP contribution is -2.00. The summed E-state index contributed by atoms with van der Waals surface area (Å²) in [4.78, 5) is 10.2. The van der Waals surface area contributed by atoms with E-state index < -0.39 is 0 Å². The minimum absolute atomic E-state index is 0.218. The summed E-state index contributed by atoms with van der Waals surface area (Å²) in [5, 5.41) is 0. The van der Waals surface area contributed by atoms with Gasteiger partial charge in [0.1, 0.15) is 0 Å². The number of carbonyl (C=O) groups is 1. The molecule has 0 aromatic rings. The number of ether oxygens (including phenoxy) is 1. The second-order valence-corrected chi connectivity index (χ2v) is 2.11. The molecule has 0 atom stereocenters. The average Bonchev–Trinajstić information content (AvgIpc) is 1.80. The predicted octanol–water partition coefficient (Wildman–Crippen LogP) is 1.57. The summed E-state index contributed by atoms with van der Waals surface area (Å²) < 4.78 is 4.65. The van der Waals surface area contributed by atoms with Gasteiger partial charge in [0, 0.05) is 12.8 Å². The summed E-state index contributed by atoms with van der Waals surface area (Å²) in [6.07, 6.45) is 1.78. The molecule has 0 saturated heterocycles. The van der Waals surface area contributed by atoms with Crippen LogP contribution in [0.3, 0.4) is 0 Å². The van der Waals surface area contributed by atoms with E-state index in [-0.39, 0.29) is 5.97 Å². The van der Waals surface area contributed by atoms with Crippen molar-refractivity contribution in [3.05, 3.63) is 0 Å². The summed E-state index contributed by atoms with van der Waals surface area (Å²) in [7, 11) is 0. The van der Waals surface area contributed by atoms with E-state index in [0.29, 0.717) is 12.5 Å². The zero-order valence-electron chi connectivity index (χ0n) is 5.52. The molecule has 9 heavy (non-hydrogen) atoms. The maximum absolute atomic E-state index is 10.2. The van der Waals surface area contributed by atoms with Gasteiger partial charge >= 0.3 is 5.97 Å². The first-order chi connectivity index (χ1) is 4.27. The van der Waals surface area contributed by atoms with Crippen molar-refractivity contribution in [1.82, 2.24) is 0 Å². The lowest BCUT2D eigenvalue weighted by molar-refractivity contribution is -0.141. The molecule has 0 N–H and O–H groups in total. The van der Waals surface area contributed by atoms with E-state index in [1.165, 1.54) is 6.92 Å². The van der Waals surface area contributed by atoms with Crippen molar-refractivity contribution in [3.8, 4) is 0 Å². The maximum Gasteiger partial charge on any atom is 0.302 e. The minimum Gasteiger partial charge on any atom is -0.466 e. The highest BCUT2D eigenvalue weighted by molar-refractivity contribution is 6.17. The van der Waals surface area contributed by atoms with Gasteiger partial charge in [-0.15, -0.1) is 11.6 Å². The Kier molecular flexibility index (Phi) is 5.73. The molecule has 0 aliphatic heterocycles. The van der Waals surface area contributed by atoms with Crippen LogP contribution in [0, 0.1) is 0 Å². The highest BCUT2D eigenvalue weighted by Gasteiger charge is 1.90. The van der Waals surface area contributed by atoms with Crippen LogP contribution in [0.25, 0.3) is 0 Å². The van der Waals surface area contributed by atoms with E-state index in [9.17, 15) is 4.79 Å². The van der Waals surface area contributed by atoms with Crippen LogP contribution in [0.2, 0.25) is 0 Å². The van der Waals surface area contributed by atoms with Crippen molar-refractivity contribution in [2.75, 3.05) is 12.5 Å². The Morgan fingerprint density at radius 3 is 2.67 bits per heavy atom. The number of hydrogen-bond acceptors (Lipinski definition) is 2. The number of rotatable bonds is 4. The van der Waals surface area contributed by atoms with Crippen LogP contribution in [0.5, 0.6) is 0 Å². The Morgan fingerprint density at radius 2 is 2.22 bits per heavy atom. The lowest BCUT2D eigenvalue weighted by Gasteiger charge is -1.97. The smallest absolute Gasteiger partial charge is 0.302 e. The van der Waals surface area contributed by atoms with E-state index in [4.69, 9.17) is 11.6 Å². The van der Waals surface area contributed by atoms with E-state index in [0.717, 1.165) is 12.8 Å². The standard InChI is InChI=1S/C6H11ClO2/c1-6(8)9-5-3-2-4-7/h2-5H2,1H3.